The Hall–Kier alpha value is -1.09. The summed E-state index contributed by atoms with van der Waals surface area (Å²) in [6.45, 7) is 1.54. The van der Waals surface area contributed by atoms with E-state index in [1.807, 2.05) is 0 Å². The van der Waals surface area contributed by atoms with Gasteiger partial charge in [0.05, 0.1) is 0 Å². The molecule has 1 unspecified atom stereocenters. The van der Waals surface area contributed by atoms with Crippen LogP contribution >= 0.6 is 0 Å². The van der Waals surface area contributed by atoms with Gasteiger partial charge in [-0.25, -0.2) is 4.39 Å². The molecule has 0 aliphatic carbocycles. The SMILES string of the molecule is NCCC1CNc2ccc(F)cc21. The maximum absolute atomic E-state index is 12.9. The van der Waals surface area contributed by atoms with Crippen molar-refractivity contribution in [2.24, 2.45) is 5.73 Å². The fraction of sp³-hybridized carbons (Fsp3) is 0.400. The molecule has 70 valence electrons. The van der Waals surface area contributed by atoms with E-state index in [0.29, 0.717) is 12.5 Å². The summed E-state index contributed by atoms with van der Waals surface area (Å²) >= 11 is 0. The number of hydrogen-bond donors (Lipinski definition) is 2. The predicted octanol–water partition coefficient (Wildman–Crippen LogP) is 1.68. The second-order valence-electron chi connectivity index (χ2n) is 3.39. The van der Waals surface area contributed by atoms with Crippen LogP contribution in [0.5, 0.6) is 0 Å². The zero-order valence-corrected chi connectivity index (χ0v) is 7.39. The summed E-state index contributed by atoms with van der Waals surface area (Å²) in [5.41, 5.74) is 7.61. The van der Waals surface area contributed by atoms with Crippen molar-refractivity contribution in [2.45, 2.75) is 12.3 Å². The van der Waals surface area contributed by atoms with E-state index >= 15 is 0 Å². The topological polar surface area (TPSA) is 38.0 Å². The molecular weight excluding hydrogens is 167 g/mol. The van der Waals surface area contributed by atoms with E-state index in [1.54, 1.807) is 12.1 Å². The standard InChI is InChI=1S/C10H13FN2/c11-8-1-2-10-9(5-8)7(3-4-12)6-13-10/h1-2,5,7,13H,3-4,6,12H2. The van der Waals surface area contributed by atoms with E-state index in [-0.39, 0.29) is 5.82 Å². The van der Waals surface area contributed by atoms with Gasteiger partial charge in [0, 0.05) is 18.2 Å². The van der Waals surface area contributed by atoms with Gasteiger partial charge in [0.2, 0.25) is 0 Å². The summed E-state index contributed by atoms with van der Waals surface area (Å²) in [5.74, 6) is 0.222. The van der Waals surface area contributed by atoms with Crippen molar-refractivity contribution < 1.29 is 4.39 Å². The van der Waals surface area contributed by atoms with Crippen LogP contribution in [0.2, 0.25) is 0 Å². The number of halogens is 1. The minimum absolute atomic E-state index is 0.163. The van der Waals surface area contributed by atoms with Gasteiger partial charge in [0.15, 0.2) is 0 Å². The van der Waals surface area contributed by atoms with Crippen molar-refractivity contribution >= 4 is 5.69 Å². The molecule has 0 radical (unpaired) electrons. The molecular formula is C10H13FN2. The fourth-order valence-corrected chi connectivity index (χ4v) is 1.83. The molecule has 0 spiro atoms. The van der Waals surface area contributed by atoms with Crippen molar-refractivity contribution in [3.05, 3.63) is 29.6 Å². The third-order valence-corrected chi connectivity index (χ3v) is 2.51. The molecule has 0 fully saturated rings. The van der Waals surface area contributed by atoms with Gasteiger partial charge in [0.1, 0.15) is 5.82 Å². The van der Waals surface area contributed by atoms with Crippen LogP contribution in [-0.4, -0.2) is 13.1 Å². The van der Waals surface area contributed by atoms with Crippen LogP contribution in [0.25, 0.3) is 0 Å². The highest BCUT2D eigenvalue weighted by molar-refractivity contribution is 5.57. The largest absolute Gasteiger partial charge is 0.384 e. The Balaban J connectivity index is 2.29. The Morgan fingerprint density at radius 2 is 2.38 bits per heavy atom. The van der Waals surface area contributed by atoms with E-state index in [9.17, 15) is 4.39 Å². The molecule has 1 aliphatic heterocycles. The lowest BCUT2D eigenvalue weighted by molar-refractivity contribution is 0.619. The number of nitrogens with two attached hydrogens (primary N) is 1. The van der Waals surface area contributed by atoms with Crippen LogP contribution in [0.4, 0.5) is 10.1 Å². The van der Waals surface area contributed by atoms with Gasteiger partial charge in [-0.2, -0.15) is 0 Å². The minimum Gasteiger partial charge on any atom is -0.384 e. The Kier molecular flexibility index (Phi) is 2.19. The molecule has 13 heavy (non-hydrogen) atoms. The lowest BCUT2D eigenvalue weighted by atomic mass is 9.98. The third kappa shape index (κ3) is 1.52. The summed E-state index contributed by atoms with van der Waals surface area (Å²) < 4.78 is 12.9. The molecule has 0 saturated carbocycles. The molecule has 0 aromatic heterocycles. The predicted molar refractivity (Wildman–Crippen MR) is 51.3 cm³/mol. The zero-order chi connectivity index (χ0) is 9.26. The van der Waals surface area contributed by atoms with Crippen LogP contribution < -0.4 is 11.1 Å². The highest BCUT2D eigenvalue weighted by Crippen LogP contribution is 2.33. The Morgan fingerprint density at radius 3 is 3.15 bits per heavy atom. The smallest absolute Gasteiger partial charge is 0.123 e. The molecule has 1 aromatic rings. The average molecular weight is 180 g/mol. The molecule has 0 amide bonds. The van der Waals surface area contributed by atoms with Crippen molar-refractivity contribution in [3.63, 3.8) is 0 Å². The van der Waals surface area contributed by atoms with Crippen LogP contribution in [0.15, 0.2) is 18.2 Å². The van der Waals surface area contributed by atoms with Gasteiger partial charge in [-0.05, 0) is 36.7 Å². The van der Waals surface area contributed by atoms with Gasteiger partial charge in [0.25, 0.3) is 0 Å². The number of anilines is 1. The Morgan fingerprint density at radius 1 is 1.54 bits per heavy atom. The molecule has 1 atom stereocenters. The molecule has 3 heteroatoms. The second kappa shape index (κ2) is 3.34. The van der Waals surface area contributed by atoms with Crippen LogP contribution in [-0.2, 0) is 0 Å². The normalized spacial score (nSPS) is 19.7. The monoisotopic (exact) mass is 180 g/mol. The molecule has 2 rings (SSSR count). The minimum atomic E-state index is -0.163. The summed E-state index contributed by atoms with van der Waals surface area (Å²) in [4.78, 5) is 0. The van der Waals surface area contributed by atoms with Gasteiger partial charge < -0.3 is 11.1 Å². The van der Waals surface area contributed by atoms with E-state index < -0.39 is 0 Å². The van der Waals surface area contributed by atoms with E-state index in [1.165, 1.54) is 6.07 Å². The molecule has 3 N–H and O–H groups in total. The van der Waals surface area contributed by atoms with Crippen molar-refractivity contribution in [3.8, 4) is 0 Å². The maximum atomic E-state index is 12.9. The number of fused-ring (bicyclic) bond motifs is 1. The molecule has 1 aliphatic rings. The highest BCUT2D eigenvalue weighted by Gasteiger charge is 2.21. The Bertz CT molecular complexity index is 310. The van der Waals surface area contributed by atoms with Gasteiger partial charge in [-0.3, -0.25) is 0 Å². The molecule has 2 nitrogen and oxygen atoms in total. The van der Waals surface area contributed by atoms with Gasteiger partial charge in [-0.1, -0.05) is 0 Å². The summed E-state index contributed by atoms with van der Waals surface area (Å²) in [5, 5.41) is 3.24. The average Bonchev–Trinajstić information content (AvgIpc) is 2.49. The first kappa shape index (κ1) is 8.51. The molecule has 0 bridgehead atoms. The molecule has 0 saturated heterocycles. The maximum Gasteiger partial charge on any atom is 0.123 e. The number of hydrogen-bond acceptors (Lipinski definition) is 2. The number of benzene rings is 1. The van der Waals surface area contributed by atoms with Crippen molar-refractivity contribution in [2.75, 3.05) is 18.4 Å². The third-order valence-electron chi connectivity index (χ3n) is 2.51. The van der Waals surface area contributed by atoms with Gasteiger partial charge in [-0.15, -0.1) is 0 Å². The van der Waals surface area contributed by atoms with Crippen molar-refractivity contribution in [1.29, 1.82) is 0 Å². The summed E-state index contributed by atoms with van der Waals surface area (Å²) in [6, 6.07) is 4.88. The first-order valence-electron chi connectivity index (χ1n) is 4.54. The van der Waals surface area contributed by atoms with Crippen LogP contribution in [0, 0.1) is 5.82 Å². The fourth-order valence-electron chi connectivity index (χ4n) is 1.83. The molecule has 1 heterocycles. The second-order valence-corrected chi connectivity index (χ2v) is 3.39. The first-order valence-corrected chi connectivity index (χ1v) is 4.54. The van der Waals surface area contributed by atoms with E-state index in [2.05, 4.69) is 5.32 Å². The number of rotatable bonds is 2. The highest BCUT2D eigenvalue weighted by atomic mass is 19.1. The lowest BCUT2D eigenvalue weighted by Crippen LogP contribution is -2.08. The summed E-state index contributed by atoms with van der Waals surface area (Å²) in [6.07, 6.45) is 0.920. The van der Waals surface area contributed by atoms with Crippen LogP contribution in [0.1, 0.15) is 17.9 Å². The molecule has 1 aromatic carbocycles. The summed E-state index contributed by atoms with van der Waals surface area (Å²) in [7, 11) is 0. The zero-order valence-electron chi connectivity index (χ0n) is 7.39. The Labute approximate surface area is 76.9 Å². The van der Waals surface area contributed by atoms with Crippen molar-refractivity contribution in [1.82, 2.24) is 0 Å². The van der Waals surface area contributed by atoms with E-state index in [0.717, 1.165) is 24.2 Å². The number of nitrogens with one attached hydrogen (secondary N) is 1. The lowest BCUT2D eigenvalue weighted by Gasteiger charge is -2.07. The van der Waals surface area contributed by atoms with Gasteiger partial charge >= 0.3 is 0 Å². The van der Waals surface area contributed by atoms with Crippen LogP contribution in [0.3, 0.4) is 0 Å². The quantitative estimate of drug-likeness (QED) is 0.726. The van der Waals surface area contributed by atoms with E-state index in [4.69, 9.17) is 5.73 Å². The first-order chi connectivity index (χ1) is 6.31.